The molecule has 4 heteroatoms. The standard InChI is InChI=1S/C32H47FO3/c1-20(8-7-10-28(35)23-9-5-6-11-29(23)36-4)24-12-13-25-30-26(15-17-32(24,25)3)31(2)16-14-22(34)18-21(31)19-27(30)33/h5-6,9,11,20-22,24-26,28,34-35H,7-8,10,12-19H2,1-4H3/t20-,21-,22+,24-,25+,26+,28?,31+,32-/m1/s1. The average Bonchev–Trinajstić information content (AvgIpc) is 3.22. The third kappa shape index (κ3) is 4.34. The van der Waals surface area contributed by atoms with Crippen molar-refractivity contribution in [1.82, 2.24) is 0 Å². The highest BCUT2D eigenvalue weighted by molar-refractivity contribution is 5.35. The summed E-state index contributed by atoms with van der Waals surface area (Å²) < 4.78 is 21.2. The number of aliphatic hydroxyl groups is 2. The van der Waals surface area contributed by atoms with E-state index in [-0.39, 0.29) is 22.8 Å². The highest BCUT2D eigenvalue weighted by Gasteiger charge is 2.59. The van der Waals surface area contributed by atoms with Gasteiger partial charge < -0.3 is 14.9 Å². The number of allylic oxidation sites excluding steroid dienone is 2. The summed E-state index contributed by atoms with van der Waals surface area (Å²) in [6.45, 7) is 7.27. The van der Waals surface area contributed by atoms with Crippen LogP contribution in [0.25, 0.3) is 0 Å². The average molecular weight is 499 g/mol. The maximum Gasteiger partial charge on any atom is 0.124 e. The van der Waals surface area contributed by atoms with Gasteiger partial charge in [0.05, 0.1) is 19.3 Å². The van der Waals surface area contributed by atoms with E-state index in [1.165, 1.54) is 18.4 Å². The molecular weight excluding hydrogens is 451 g/mol. The summed E-state index contributed by atoms with van der Waals surface area (Å²) >= 11 is 0. The Morgan fingerprint density at radius 2 is 1.75 bits per heavy atom. The zero-order chi connectivity index (χ0) is 25.7. The number of fused-ring (bicyclic) bond motifs is 5. The summed E-state index contributed by atoms with van der Waals surface area (Å²) in [5.41, 5.74) is 2.41. The van der Waals surface area contributed by atoms with Crippen molar-refractivity contribution in [3.63, 3.8) is 0 Å². The van der Waals surface area contributed by atoms with E-state index < -0.39 is 6.10 Å². The minimum Gasteiger partial charge on any atom is -0.496 e. The molecule has 0 aromatic heterocycles. The van der Waals surface area contributed by atoms with Crippen LogP contribution in [-0.4, -0.2) is 23.4 Å². The fourth-order valence-electron chi connectivity index (χ4n) is 9.42. The van der Waals surface area contributed by atoms with E-state index in [1.54, 1.807) is 7.11 Å². The first-order chi connectivity index (χ1) is 17.2. The van der Waals surface area contributed by atoms with Gasteiger partial charge in [-0.3, -0.25) is 0 Å². The Balaban J connectivity index is 1.26. The predicted octanol–water partition coefficient (Wildman–Crippen LogP) is 7.77. The normalized spacial score (nSPS) is 39.7. The lowest BCUT2D eigenvalue weighted by atomic mass is 9.47. The molecule has 0 amide bonds. The molecule has 0 spiro atoms. The lowest BCUT2D eigenvalue weighted by molar-refractivity contribution is -0.0496. The molecule has 4 aliphatic rings. The smallest absolute Gasteiger partial charge is 0.124 e. The number of rotatable bonds is 7. The number of hydrogen-bond donors (Lipinski definition) is 2. The molecule has 4 aliphatic carbocycles. The zero-order valence-corrected chi connectivity index (χ0v) is 22.8. The Bertz CT molecular complexity index is 974. The van der Waals surface area contributed by atoms with Crippen LogP contribution in [0.1, 0.15) is 103 Å². The van der Waals surface area contributed by atoms with Crippen molar-refractivity contribution in [2.75, 3.05) is 7.11 Å². The predicted molar refractivity (Wildman–Crippen MR) is 142 cm³/mol. The Labute approximate surface area is 217 Å². The Hall–Kier alpha value is -1.39. The highest BCUT2D eigenvalue weighted by Crippen LogP contribution is 2.68. The van der Waals surface area contributed by atoms with Crippen LogP contribution >= 0.6 is 0 Å². The van der Waals surface area contributed by atoms with Gasteiger partial charge in [0.2, 0.25) is 0 Å². The Kier molecular flexibility index (Phi) is 7.33. The van der Waals surface area contributed by atoms with E-state index >= 15 is 4.39 Å². The molecule has 1 aromatic carbocycles. The van der Waals surface area contributed by atoms with Gasteiger partial charge in [0.15, 0.2) is 0 Å². The van der Waals surface area contributed by atoms with Gasteiger partial charge in [-0.1, -0.05) is 51.8 Å². The molecule has 200 valence electrons. The van der Waals surface area contributed by atoms with Crippen LogP contribution in [-0.2, 0) is 0 Å². The summed E-state index contributed by atoms with van der Waals surface area (Å²) in [6, 6.07) is 7.76. The molecular formula is C32H47FO3. The van der Waals surface area contributed by atoms with Crippen LogP contribution in [0, 0.1) is 40.4 Å². The number of halogens is 1. The minimum atomic E-state index is -0.500. The van der Waals surface area contributed by atoms with Crippen molar-refractivity contribution >= 4 is 0 Å². The van der Waals surface area contributed by atoms with E-state index in [4.69, 9.17) is 4.74 Å². The van der Waals surface area contributed by atoms with Gasteiger partial charge in [0.1, 0.15) is 11.6 Å². The quantitative estimate of drug-likeness (QED) is 0.404. The van der Waals surface area contributed by atoms with Crippen molar-refractivity contribution in [2.24, 2.45) is 40.4 Å². The number of aliphatic hydroxyl groups excluding tert-OH is 2. The number of benzene rings is 1. The maximum absolute atomic E-state index is 15.8. The van der Waals surface area contributed by atoms with E-state index in [0.29, 0.717) is 36.0 Å². The molecule has 1 unspecified atom stereocenters. The Morgan fingerprint density at radius 3 is 2.53 bits per heavy atom. The van der Waals surface area contributed by atoms with Crippen LogP contribution in [0.4, 0.5) is 4.39 Å². The summed E-state index contributed by atoms with van der Waals surface area (Å²) in [6.07, 6.45) is 9.94. The van der Waals surface area contributed by atoms with Crippen LogP contribution < -0.4 is 4.74 Å². The number of hydrogen-bond acceptors (Lipinski definition) is 3. The molecule has 3 saturated carbocycles. The van der Waals surface area contributed by atoms with Gasteiger partial charge in [0, 0.05) is 12.0 Å². The zero-order valence-electron chi connectivity index (χ0n) is 22.8. The second kappa shape index (κ2) is 10.1. The van der Waals surface area contributed by atoms with Gasteiger partial charge in [-0.15, -0.1) is 0 Å². The fraction of sp³-hybridized carbons (Fsp3) is 0.750. The maximum atomic E-state index is 15.8. The molecule has 0 aliphatic heterocycles. The monoisotopic (exact) mass is 498 g/mol. The Morgan fingerprint density at radius 1 is 1.03 bits per heavy atom. The van der Waals surface area contributed by atoms with Crippen LogP contribution in [0.2, 0.25) is 0 Å². The summed E-state index contributed by atoms with van der Waals surface area (Å²) in [7, 11) is 1.66. The molecule has 2 N–H and O–H groups in total. The largest absolute Gasteiger partial charge is 0.496 e. The first-order valence-electron chi connectivity index (χ1n) is 14.6. The second-order valence-corrected chi connectivity index (χ2v) is 13.2. The SMILES string of the molecule is COc1ccccc1C(O)CCC[C@@H](C)[C@H]1CC[C@H]2C3=C(F)C[C@H]4C[C@@H](O)CC[C@]4(C)[C@H]3CC[C@]12C. The number of methoxy groups -OCH3 is 1. The van der Waals surface area contributed by atoms with E-state index in [0.717, 1.165) is 62.7 Å². The minimum absolute atomic E-state index is 0.157. The van der Waals surface area contributed by atoms with Crippen molar-refractivity contribution in [1.29, 1.82) is 0 Å². The van der Waals surface area contributed by atoms with E-state index in [2.05, 4.69) is 20.8 Å². The molecule has 1 aromatic rings. The summed E-state index contributed by atoms with van der Waals surface area (Å²) in [5, 5.41) is 21.1. The van der Waals surface area contributed by atoms with E-state index in [9.17, 15) is 10.2 Å². The fourth-order valence-corrected chi connectivity index (χ4v) is 9.42. The third-order valence-corrected chi connectivity index (χ3v) is 11.5. The number of ether oxygens (including phenoxy) is 1. The van der Waals surface area contributed by atoms with Crippen LogP contribution in [0.3, 0.4) is 0 Å². The molecule has 3 nitrogen and oxygen atoms in total. The lowest BCUT2D eigenvalue weighted by Gasteiger charge is -2.58. The molecule has 0 saturated heterocycles. The first-order valence-corrected chi connectivity index (χ1v) is 14.6. The molecule has 0 bridgehead atoms. The number of para-hydroxylation sites is 1. The van der Waals surface area contributed by atoms with Crippen LogP contribution in [0.15, 0.2) is 35.7 Å². The molecule has 0 radical (unpaired) electrons. The van der Waals surface area contributed by atoms with Crippen molar-refractivity contribution in [3.05, 3.63) is 41.2 Å². The second-order valence-electron chi connectivity index (χ2n) is 13.2. The highest BCUT2D eigenvalue weighted by atomic mass is 19.1. The first kappa shape index (κ1) is 26.2. The molecule has 36 heavy (non-hydrogen) atoms. The van der Waals surface area contributed by atoms with Gasteiger partial charge in [-0.25, -0.2) is 4.39 Å². The molecule has 0 heterocycles. The lowest BCUT2D eigenvalue weighted by Crippen LogP contribution is -2.50. The van der Waals surface area contributed by atoms with Gasteiger partial charge >= 0.3 is 0 Å². The van der Waals surface area contributed by atoms with Crippen LogP contribution in [0.5, 0.6) is 5.75 Å². The van der Waals surface area contributed by atoms with E-state index in [1.807, 2.05) is 24.3 Å². The van der Waals surface area contributed by atoms with Crippen molar-refractivity contribution in [3.8, 4) is 5.75 Å². The molecule has 9 atom stereocenters. The molecule has 5 rings (SSSR count). The topological polar surface area (TPSA) is 49.7 Å². The van der Waals surface area contributed by atoms with Crippen molar-refractivity contribution < 1.29 is 19.3 Å². The third-order valence-electron chi connectivity index (χ3n) is 11.5. The van der Waals surface area contributed by atoms with Gasteiger partial charge in [-0.2, -0.15) is 0 Å². The van der Waals surface area contributed by atoms with Gasteiger partial charge in [-0.05, 0) is 103 Å². The van der Waals surface area contributed by atoms with Crippen molar-refractivity contribution in [2.45, 2.75) is 104 Å². The molecule has 3 fully saturated rings. The van der Waals surface area contributed by atoms with Gasteiger partial charge in [0.25, 0.3) is 0 Å². The summed E-state index contributed by atoms with van der Waals surface area (Å²) in [4.78, 5) is 0. The summed E-state index contributed by atoms with van der Waals surface area (Å²) in [5.74, 6) is 3.17.